The van der Waals surface area contributed by atoms with Crippen LogP contribution in [0.5, 0.6) is 0 Å². The molecule has 10 heteroatoms. The highest BCUT2D eigenvalue weighted by molar-refractivity contribution is 7.89. The van der Waals surface area contributed by atoms with Crippen molar-refractivity contribution in [1.82, 2.24) is 4.57 Å². The van der Waals surface area contributed by atoms with Gasteiger partial charge in [-0.3, -0.25) is 15.5 Å². The highest BCUT2D eigenvalue weighted by Crippen LogP contribution is 2.32. The molecule has 4 aromatic rings. The Labute approximate surface area is 184 Å². The van der Waals surface area contributed by atoms with Gasteiger partial charge >= 0.3 is 0 Å². The molecule has 0 radical (unpaired) electrons. The van der Waals surface area contributed by atoms with Crippen molar-refractivity contribution in [2.24, 2.45) is 17.3 Å². The number of hydrazone groups is 1. The molecule has 0 aliphatic carbocycles. The minimum atomic E-state index is -4.07. The SMILES string of the molecule is Cn1c(-c2ccccc2)c(C=NNc2ccc(S(N)(=O)=O)cc2[N+](=O)[O-])c2ccccc21. The highest BCUT2D eigenvalue weighted by atomic mass is 32.2. The lowest BCUT2D eigenvalue weighted by Crippen LogP contribution is -2.12. The predicted molar refractivity (Wildman–Crippen MR) is 124 cm³/mol. The summed E-state index contributed by atoms with van der Waals surface area (Å²) in [5.74, 6) is 0. The molecule has 0 bridgehead atoms. The monoisotopic (exact) mass is 449 g/mol. The molecule has 0 saturated heterocycles. The molecular formula is C22H19N5O4S. The number of anilines is 1. The molecule has 0 aliphatic rings. The molecule has 0 saturated carbocycles. The maximum atomic E-state index is 11.5. The Balaban J connectivity index is 1.77. The normalized spacial score (nSPS) is 11.8. The number of nitrogens with one attached hydrogen (secondary N) is 1. The molecule has 0 aliphatic heterocycles. The van der Waals surface area contributed by atoms with Crippen molar-refractivity contribution in [3.05, 3.63) is 88.5 Å². The lowest BCUT2D eigenvalue weighted by atomic mass is 10.1. The molecule has 0 atom stereocenters. The third kappa shape index (κ3) is 3.96. The molecule has 1 heterocycles. The Hall–Kier alpha value is -4.02. The molecule has 3 N–H and O–H groups in total. The summed E-state index contributed by atoms with van der Waals surface area (Å²) in [6.45, 7) is 0. The standard InChI is InChI=1S/C22H19N5O4S/c1-26-20-10-6-5-9-17(20)18(22(26)15-7-3-2-4-8-15)14-24-25-19-12-11-16(32(23,30)31)13-21(19)27(28)29/h2-14,25H,1H3,(H2,23,30,31). The molecule has 0 fully saturated rings. The number of hydrogen-bond acceptors (Lipinski definition) is 6. The quantitative estimate of drug-likeness (QED) is 0.262. The van der Waals surface area contributed by atoms with Crippen molar-refractivity contribution in [2.75, 3.05) is 5.43 Å². The molecule has 9 nitrogen and oxygen atoms in total. The maximum Gasteiger partial charge on any atom is 0.295 e. The zero-order valence-corrected chi connectivity index (χ0v) is 17.8. The van der Waals surface area contributed by atoms with Gasteiger partial charge in [0.2, 0.25) is 10.0 Å². The minimum Gasteiger partial charge on any atom is -0.343 e. The zero-order valence-electron chi connectivity index (χ0n) is 17.0. The average Bonchev–Trinajstić information content (AvgIpc) is 3.05. The van der Waals surface area contributed by atoms with E-state index in [2.05, 4.69) is 15.1 Å². The van der Waals surface area contributed by atoms with Gasteiger partial charge in [-0.2, -0.15) is 5.10 Å². The summed E-state index contributed by atoms with van der Waals surface area (Å²) < 4.78 is 25.1. The largest absolute Gasteiger partial charge is 0.343 e. The number of rotatable bonds is 6. The molecule has 32 heavy (non-hydrogen) atoms. The number of primary sulfonamides is 1. The van der Waals surface area contributed by atoms with Gasteiger partial charge in [0, 0.05) is 29.6 Å². The average molecular weight is 449 g/mol. The Morgan fingerprint density at radius 1 is 1.06 bits per heavy atom. The second-order valence-corrected chi connectivity index (χ2v) is 8.62. The van der Waals surface area contributed by atoms with Crippen molar-refractivity contribution in [2.45, 2.75) is 4.90 Å². The van der Waals surface area contributed by atoms with E-state index in [0.29, 0.717) is 0 Å². The molecule has 0 spiro atoms. The number of para-hydroxylation sites is 1. The highest BCUT2D eigenvalue weighted by Gasteiger charge is 2.19. The van der Waals surface area contributed by atoms with Crippen LogP contribution in [0.2, 0.25) is 0 Å². The summed E-state index contributed by atoms with van der Waals surface area (Å²) in [7, 11) is -2.11. The Bertz CT molecular complexity index is 1460. The van der Waals surface area contributed by atoms with Crippen LogP contribution in [0, 0.1) is 10.1 Å². The van der Waals surface area contributed by atoms with Crippen LogP contribution in [0.15, 0.2) is 82.8 Å². The molecule has 0 amide bonds. The van der Waals surface area contributed by atoms with Gasteiger partial charge in [-0.1, -0.05) is 48.5 Å². The van der Waals surface area contributed by atoms with E-state index in [1.54, 1.807) is 6.21 Å². The maximum absolute atomic E-state index is 11.5. The van der Waals surface area contributed by atoms with Gasteiger partial charge in [0.15, 0.2) is 0 Å². The van der Waals surface area contributed by atoms with Crippen molar-refractivity contribution < 1.29 is 13.3 Å². The summed E-state index contributed by atoms with van der Waals surface area (Å²) in [5, 5.41) is 21.7. The number of benzene rings is 3. The van der Waals surface area contributed by atoms with Gasteiger partial charge in [0.25, 0.3) is 5.69 Å². The van der Waals surface area contributed by atoms with Crippen LogP contribution in [0.25, 0.3) is 22.2 Å². The van der Waals surface area contributed by atoms with E-state index in [1.165, 1.54) is 12.1 Å². The number of nitro groups is 1. The van der Waals surface area contributed by atoms with Crippen molar-refractivity contribution in [1.29, 1.82) is 0 Å². The topological polar surface area (TPSA) is 133 Å². The summed E-state index contributed by atoms with van der Waals surface area (Å²) >= 11 is 0. The summed E-state index contributed by atoms with van der Waals surface area (Å²) in [4.78, 5) is 10.4. The first-order valence-electron chi connectivity index (χ1n) is 9.50. The third-order valence-electron chi connectivity index (χ3n) is 5.07. The van der Waals surface area contributed by atoms with Gasteiger partial charge in [0.05, 0.1) is 21.7 Å². The Morgan fingerprint density at radius 3 is 2.44 bits per heavy atom. The fourth-order valence-corrected chi connectivity index (χ4v) is 4.13. The van der Waals surface area contributed by atoms with E-state index in [4.69, 9.17) is 5.14 Å². The number of hydrogen-bond donors (Lipinski definition) is 2. The van der Waals surface area contributed by atoms with Crippen molar-refractivity contribution >= 4 is 38.5 Å². The molecule has 4 rings (SSSR count). The molecular weight excluding hydrogens is 430 g/mol. The lowest BCUT2D eigenvalue weighted by molar-refractivity contribution is -0.384. The van der Waals surface area contributed by atoms with Crippen LogP contribution in [-0.2, 0) is 17.1 Å². The second kappa shape index (κ2) is 8.25. The number of nitrogens with two attached hydrogens (primary N) is 1. The van der Waals surface area contributed by atoms with E-state index >= 15 is 0 Å². The number of nitrogens with zero attached hydrogens (tertiary/aromatic N) is 3. The number of nitro benzene ring substituents is 1. The molecule has 0 unspecified atom stereocenters. The first kappa shape index (κ1) is 21.2. The van der Waals surface area contributed by atoms with Gasteiger partial charge < -0.3 is 4.57 Å². The Kier molecular flexibility index (Phi) is 5.47. The number of aromatic nitrogens is 1. The van der Waals surface area contributed by atoms with Gasteiger partial charge in [-0.05, 0) is 23.8 Å². The van der Waals surface area contributed by atoms with Crippen LogP contribution in [0.3, 0.4) is 0 Å². The number of fused-ring (bicyclic) bond motifs is 1. The number of aryl methyl sites for hydroxylation is 1. The van der Waals surface area contributed by atoms with Crippen LogP contribution < -0.4 is 10.6 Å². The smallest absolute Gasteiger partial charge is 0.295 e. The van der Waals surface area contributed by atoms with E-state index in [-0.39, 0.29) is 10.6 Å². The van der Waals surface area contributed by atoms with E-state index in [9.17, 15) is 18.5 Å². The first-order valence-corrected chi connectivity index (χ1v) is 11.0. The van der Waals surface area contributed by atoms with Crippen LogP contribution in [0.4, 0.5) is 11.4 Å². The fourth-order valence-electron chi connectivity index (χ4n) is 3.60. The van der Waals surface area contributed by atoms with Gasteiger partial charge in [-0.25, -0.2) is 13.6 Å². The van der Waals surface area contributed by atoms with Crippen LogP contribution in [0.1, 0.15) is 5.56 Å². The molecule has 162 valence electrons. The van der Waals surface area contributed by atoms with Crippen LogP contribution >= 0.6 is 0 Å². The Morgan fingerprint density at radius 2 is 1.75 bits per heavy atom. The summed E-state index contributed by atoms with van der Waals surface area (Å²) in [6, 6.07) is 21.0. The third-order valence-corrected chi connectivity index (χ3v) is 5.98. The van der Waals surface area contributed by atoms with Crippen LogP contribution in [-0.4, -0.2) is 24.1 Å². The molecule has 1 aromatic heterocycles. The first-order chi connectivity index (χ1) is 15.3. The van der Waals surface area contributed by atoms with Gasteiger partial charge in [-0.15, -0.1) is 0 Å². The predicted octanol–water partition coefficient (Wildman–Crippen LogP) is 3.85. The lowest BCUT2D eigenvalue weighted by Gasteiger charge is -2.06. The minimum absolute atomic E-state index is 0.0418. The van der Waals surface area contributed by atoms with E-state index < -0.39 is 20.6 Å². The summed E-state index contributed by atoms with van der Waals surface area (Å²) in [5.41, 5.74) is 6.04. The number of sulfonamides is 1. The second-order valence-electron chi connectivity index (χ2n) is 7.06. The fraction of sp³-hybridized carbons (Fsp3) is 0.0455. The molecule has 3 aromatic carbocycles. The van der Waals surface area contributed by atoms with E-state index in [0.717, 1.165) is 33.8 Å². The van der Waals surface area contributed by atoms with Gasteiger partial charge in [0.1, 0.15) is 5.69 Å². The van der Waals surface area contributed by atoms with E-state index in [1.807, 2.05) is 61.6 Å². The van der Waals surface area contributed by atoms with Crippen molar-refractivity contribution in [3.8, 4) is 11.3 Å². The van der Waals surface area contributed by atoms with Crippen molar-refractivity contribution in [3.63, 3.8) is 0 Å². The summed E-state index contributed by atoms with van der Waals surface area (Å²) in [6.07, 6.45) is 1.60. The zero-order chi connectivity index (χ0) is 22.9.